The van der Waals surface area contributed by atoms with Gasteiger partial charge >= 0.3 is 0 Å². The first kappa shape index (κ1) is 12.7. The number of halogens is 1. The second kappa shape index (κ2) is 4.66. The molecule has 0 amide bonds. The molecule has 100 valence electrons. The molecule has 20 heavy (non-hydrogen) atoms. The number of fused-ring (bicyclic) bond motifs is 1. The number of aryl methyl sites for hydroxylation is 1. The van der Waals surface area contributed by atoms with Crippen LogP contribution in [0, 0.1) is 11.3 Å². The number of nitrogens with zero attached hydrogens (tertiary/aromatic N) is 5. The first-order valence-corrected chi connectivity index (χ1v) is 6.60. The van der Waals surface area contributed by atoms with Crippen LogP contribution in [0.15, 0.2) is 30.6 Å². The van der Waals surface area contributed by atoms with E-state index < -0.39 is 0 Å². The molecule has 0 spiro atoms. The average molecular weight is 286 g/mol. The number of para-hydroxylation sites is 1. The van der Waals surface area contributed by atoms with E-state index in [0.717, 1.165) is 11.2 Å². The first-order chi connectivity index (χ1) is 9.61. The molecule has 1 unspecified atom stereocenters. The fraction of sp³-hybridized carbons (Fsp3) is 0.214. The summed E-state index contributed by atoms with van der Waals surface area (Å²) in [6.45, 7) is 1.86. The second-order valence-corrected chi connectivity index (χ2v) is 5.23. The topological polar surface area (TPSA) is 59.4 Å². The van der Waals surface area contributed by atoms with E-state index in [1.165, 1.54) is 0 Å². The third-order valence-corrected chi connectivity index (χ3v) is 3.33. The summed E-state index contributed by atoms with van der Waals surface area (Å²) in [7, 11) is 1.85. The standard InChI is InChI=1S/C14H12ClN5/c1-9(15)14-18-13-10(6-16)4-3-5-12(13)20(14)11-7-17-19(2)8-11/h3-5,7-9H,1-2H3. The Kier molecular flexibility index (Phi) is 2.96. The highest BCUT2D eigenvalue weighted by Gasteiger charge is 2.18. The Balaban J connectivity index is 2.39. The van der Waals surface area contributed by atoms with E-state index in [1.807, 2.05) is 36.9 Å². The number of benzene rings is 1. The summed E-state index contributed by atoms with van der Waals surface area (Å²) in [6.07, 6.45) is 3.64. The van der Waals surface area contributed by atoms with Crippen molar-refractivity contribution in [2.75, 3.05) is 0 Å². The highest BCUT2D eigenvalue weighted by Crippen LogP contribution is 2.29. The molecule has 0 saturated carbocycles. The van der Waals surface area contributed by atoms with Crippen molar-refractivity contribution in [1.82, 2.24) is 19.3 Å². The molecule has 1 atom stereocenters. The first-order valence-electron chi connectivity index (χ1n) is 6.16. The smallest absolute Gasteiger partial charge is 0.132 e. The zero-order chi connectivity index (χ0) is 14.3. The molecule has 0 aliphatic heterocycles. The van der Waals surface area contributed by atoms with Crippen LogP contribution in [0.5, 0.6) is 0 Å². The summed E-state index contributed by atoms with van der Waals surface area (Å²) < 4.78 is 3.67. The Hall–Kier alpha value is -2.32. The summed E-state index contributed by atoms with van der Waals surface area (Å²) in [5.74, 6) is 0.706. The third kappa shape index (κ3) is 1.86. The molecule has 3 rings (SSSR count). The maximum atomic E-state index is 9.20. The number of imidazole rings is 1. The summed E-state index contributed by atoms with van der Waals surface area (Å²) in [5.41, 5.74) is 2.96. The molecule has 0 saturated heterocycles. The summed E-state index contributed by atoms with van der Waals surface area (Å²) in [5, 5.41) is 13.1. The molecule has 6 heteroatoms. The van der Waals surface area contributed by atoms with E-state index >= 15 is 0 Å². The molecule has 0 bridgehead atoms. The highest BCUT2D eigenvalue weighted by atomic mass is 35.5. The van der Waals surface area contributed by atoms with Gasteiger partial charge in [0.25, 0.3) is 0 Å². The van der Waals surface area contributed by atoms with Gasteiger partial charge in [0.2, 0.25) is 0 Å². The van der Waals surface area contributed by atoms with E-state index in [-0.39, 0.29) is 5.38 Å². The molecule has 0 N–H and O–H groups in total. The Morgan fingerprint density at radius 1 is 1.40 bits per heavy atom. The lowest BCUT2D eigenvalue weighted by atomic mass is 10.2. The van der Waals surface area contributed by atoms with Crippen LogP contribution >= 0.6 is 11.6 Å². The molecule has 1 aromatic carbocycles. The fourth-order valence-corrected chi connectivity index (χ4v) is 2.42. The lowest BCUT2D eigenvalue weighted by Crippen LogP contribution is -2.00. The number of hydrogen-bond acceptors (Lipinski definition) is 3. The van der Waals surface area contributed by atoms with Crippen LogP contribution in [0.25, 0.3) is 16.7 Å². The van der Waals surface area contributed by atoms with E-state index in [1.54, 1.807) is 16.9 Å². The Morgan fingerprint density at radius 2 is 2.20 bits per heavy atom. The highest BCUT2D eigenvalue weighted by molar-refractivity contribution is 6.20. The summed E-state index contributed by atoms with van der Waals surface area (Å²) in [4.78, 5) is 4.54. The van der Waals surface area contributed by atoms with Crippen LogP contribution in [-0.4, -0.2) is 19.3 Å². The van der Waals surface area contributed by atoms with Crippen molar-refractivity contribution in [2.24, 2.45) is 7.05 Å². The Bertz CT molecular complexity index is 822. The van der Waals surface area contributed by atoms with Crippen molar-refractivity contribution in [3.05, 3.63) is 42.0 Å². The van der Waals surface area contributed by atoms with Crippen molar-refractivity contribution < 1.29 is 0 Å². The predicted molar refractivity (Wildman–Crippen MR) is 76.8 cm³/mol. The van der Waals surface area contributed by atoms with Crippen molar-refractivity contribution in [3.8, 4) is 11.8 Å². The van der Waals surface area contributed by atoms with Gasteiger partial charge in [-0.25, -0.2) is 4.98 Å². The number of aromatic nitrogens is 4. The van der Waals surface area contributed by atoms with Gasteiger partial charge in [0.15, 0.2) is 0 Å². The Morgan fingerprint density at radius 3 is 2.80 bits per heavy atom. The largest absolute Gasteiger partial charge is 0.292 e. The molecule has 5 nitrogen and oxygen atoms in total. The molecule has 3 aromatic rings. The lowest BCUT2D eigenvalue weighted by Gasteiger charge is -2.07. The van der Waals surface area contributed by atoms with E-state index in [2.05, 4.69) is 16.2 Å². The van der Waals surface area contributed by atoms with Crippen molar-refractivity contribution in [2.45, 2.75) is 12.3 Å². The van der Waals surface area contributed by atoms with Gasteiger partial charge in [0.05, 0.1) is 28.3 Å². The maximum absolute atomic E-state index is 9.20. The molecule has 2 aromatic heterocycles. The molecular formula is C14H12ClN5. The maximum Gasteiger partial charge on any atom is 0.132 e. The van der Waals surface area contributed by atoms with Crippen LogP contribution in [-0.2, 0) is 7.05 Å². The zero-order valence-corrected chi connectivity index (χ0v) is 11.8. The average Bonchev–Trinajstić information content (AvgIpc) is 3.01. The normalized spacial score (nSPS) is 12.5. The van der Waals surface area contributed by atoms with Gasteiger partial charge in [0, 0.05) is 13.2 Å². The van der Waals surface area contributed by atoms with Crippen molar-refractivity contribution in [1.29, 1.82) is 5.26 Å². The molecule has 0 fully saturated rings. The number of hydrogen-bond donors (Lipinski definition) is 0. The minimum atomic E-state index is -0.269. The van der Waals surface area contributed by atoms with Gasteiger partial charge < -0.3 is 0 Å². The summed E-state index contributed by atoms with van der Waals surface area (Å²) >= 11 is 6.24. The van der Waals surface area contributed by atoms with Gasteiger partial charge in [0.1, 0.15) is 17.4 Å². The quantitative estimate of drug-likeness (QED) is 0.680. The molecule has 0 aliphatic carbocycles. The van der Waals surface area contributed by atoms with Crippen LogP contribution in [0.2, 0.25) is 0 Å². The van der Waals surface area contributed by atoms with Crippen molar-refractivity contribution in [3.63, 3.8) is 0 Å². The van der Waals surface area contributed by atoms with Gasteiger partial charge in [-0.15, -0.1) is 11.6 Å². The van der Waals surface area contributed by atoms with Gasteiger partial charge in [-0.1, -0.05) is 6.07 Å². The van der Waals surface area contributed by atoms with E-state index in [0.29, 0.717) is 16.9 Å². The molecular weight excluding hydrogens is 274 g/mol. The number of nitriles is 1. The Labute approximate surface area is 121 Å². The van der Waals surface area contributed by atoms with Crippen LogP contribution in [0.3, 0.4) is 0 Å². The predicted octanol–water partition coefficient (Wildman–Crippen LogP) is 2.93. The van der Waals surface area contributed by atoms with Gasteiger partial charge in [-0.3, -0.25) is 9.25 Å². The number of alkyl halides is 1. The summed E-state index contributed by atoms with van der Waals surface area (Å²) in [6, 6.07) is 7.70. The van der Waals surface area contributed by atoms with Crippen LogP contribution in [0.4, 0.5) is 0 Å². The fourth-order valence-electron chi connectivity index (χ4n) is 2.27. The SMILES string of the molecule is CC(Cl)c1nc2c(C#N)cccc2n1-c1cnn(C)c1. The number of rotatable bonds is 2. The van der Waals surface area contributed by atoms with E-state index in [4.69, 9.17) is 11.6 Å². The monoisotopic (exact) mass is 285 g/mol. The van der Waals surface area contributed by atoms with Crippen molar-refractivity contribution >= 4 is 22.6 Å². The third-order valence-electron chi connectivity index (χ3n) is 3.14. The van der Waals surface area contributed by atoms with Crippen LogP contribution in [0.1, 0.15) is 23.7 Å². The van der Waals surface area contributed by atoms with E-state index in [9.17, 15) is 5.26 Å². The van der Waals surface area contributed by atoms with Gasteiger partial charge in [-0.05, 0) is 19.1 Å². The zero-order valence-electron chi connectivity index (χ0n) is 11.1. The molecule has 2 heterocycles. The minimum Gasteiger partial charge on any atom is -0.292 e. The second-order valence-electron chi connectivity index (χ2n) is 4.58. The lowest BCUT2D eigenvalue weighted by molar-refractivity contribution is 0.767. The minimum absolute atomic E-state index is 0.269. The van der Waals surface area contributed by atoms with Gasteiger partial charge in [-0.2, -0.15) is 10.4 Å². The van der Waals surface area contributed by atoms with Crippen LogP contribution < -0.4 is 0 Å². The molecule has 0 aliphatic rings. The molecule has 0 radical (unpaired) electrons.